The number of nitrogens with one attached hydrogen (secondary N) is 2. The van der Waals surface area contributed by atoms with Crippen molar-refractivity contribution < 1.29 is 28.6 Å². The van der Waals surface area contributed by atoms with Crippen LogP contribution in [0.2, 0.25) is 0 Å². The van der Waals surface area contributed by atoms with E-state index in [1.807, 2.05) is 36.6 Å². The van der Waals surface area contributed by atoms with Gasteiger partial charge in [-0.05, 0) is 56.7 Å². The number of amides is 3. The van der Waals surface area contributed by atoms with Gasteiger partial charge in [0.2, 0.25) is 5.91 Å². The lowest BCUT2D eigenvalue weighted by Gasteiger charge is -2.31. The Kier molecular flexibility index (Phi) is 14.5. The number of alkyl carbamates (subject to hydrolysis) is 1. The quantitative estimate of drug-likeness (QED) is 0.286. The first-order chi connectivity index (χ1) is 16.2. The standard InChI is InChI=1S/C23H37N3O6S2/c1-23(2,3)32-22(29)26(34-5)19(11-16-33-4)20(27)24-12-14-30-15-13-25-21(28)31-17-18-9-7-6-8-10-18/h6-10,19H,11-17H2,1-5H3,(H,24,27)(H,25,28)/t19-/m0/s1. The summed E-state index contributed by atoms with van der Waals surface area (Å²) in [5, 5.41) is 5.43. The van der Waals surface area contributed by atoms with Gasteiger partial charge in [0, 0.05) is 19.3 Å². The predicted molar refractivity (Wildman–Crippen MR) is 137 cm³/mol. The first-order valence-corrected chi connectivity index (χ1v) is 13.6. The highest BCUT2D eigenvalue weighted by atomic mass is 32.2. The molecule has 0 bridgehead atoms. The first-order valence-electron chi connectivity index (χ1n) is 11.0. The Balaban J connectivity index is 2.32. The summed E-state index contributed by atoms with van der Waals surface area (Å²) in [4.78, 5) is 37.0. The Morgan fingerprint density at radius 2 is 1.68 bits per heavy atom. The van der Waals surface area contributed by atoms with Gasteiger partial charge in [0.1, 0.15) is 18.2 Å². The van der Waals surface area contributed by atoms with E-state index in [9.17, 15) is 14.4 Å². The summed E-state index contributed by atoms with van der Waals surface area (Å²) in [6, 6.07) is 8.76. The molecule has 2 N–H and O–H groups in total. The third-order valence-electron chi connectivity index (χ3n) is 4.23. The van der Waals surface area contributed by atoms with Crippen molar-refractivity contribution in [3.05, 3.63) is 35.9 Å². The molecule has 192 valence electrons. The van der Waals surface area contributed by atoms with E-state index in [0.717, 1.165) is 11.3 Å². The van der Waals surface area contributed by atoms with Crippen LogP contribution in [0, 0.1) is 0 Å². The van der Waals surface area contributed by atoms with E-state index in [1.54, 1.807) is 38.8 Å². The summed E-state index contributed by atoms with van der Waals surface area (Å²) in [5.41, 5.74) is 0.258. The molecular weight excluding hydrogens is 478 g/mol. The molecule has 0 unspecified atom stereocenters. The van der Waals surface area contributed by atoms with Crippen molar-refractivity contribution in [1.29, 1.82) is 0 Å². The zero-order chi connectivity index (χ0) is 25.4. The van der Waals surface area contributed by atoms with Gasteiger partial charge in [0.15, 0.2) is 0 Å². The molecule has 3 amide bonds. The molecule has 0 saturated carbocycles. The summed E-state index contributed by atoms with van der Waals surface area (Å²) in [5.74, 6) is 0.459. The van der Waals surface area contributed by atoms with Crippen molar-refractivity contribution in [3.63, 3.8) is 0 Å². The van der Waals surface area contributed by atoms with Crippen molar-refractivity contribution in [2.45, 2.75) is 45.4 Å². The number of carbonyl (C=O) groups excluding carboxylic acids is 3. The maximum Gasteiger partial charge on any atom is 0.421 e. The second-order valence-electron chi connectivity index (χ2n) is 8.18. The molecule has 34 heavy (non-hydrogen) atoms. The molecule has 0 spiro atoms. The number of ether oxygens (including phenoxy) is 3. The SMILES string of the molecule is CSCC[C@@H](C(=O)NCCOCCNC(=O)OCc1ccccc1)N(SC)C(=O)OC(C)(C)C. The van der Waals surface area contributed by atoms with Gasteiger partial charge in [0.25, 0.3) is 0 Å². The Labute approximate surface area is 211 Å². The van der Waals surface area contributed by atoms with Crippen molar-refractivity contribution in [1.82, 2.24) is 14.9 Å². The van der Waals surface area contributed by atoms with E-state index in [0.29, 0.717) is 6.42 Å². The molecule has 0 radical (unpaired) electrons. The molecule has 1 aromatic rings. The van der Waals surface area contributed by atoms with E-state index in [2.05, 4.69) is 10.6 Å². The molecule has 0 aromatic heterocycles. The molecule has 11 heteroatoms. The molecule has 1 aromatic carbocycles. The number of carbonyl (C=O) groups is 3. The zero-order valence-corrected chi connectivity index (χ0v) is 22.3. The van der Waals surface area contributed by atoms with Crippen LogP contribution < -0.4 is 10.6 Å². The molecule has 0 fully saturated rings. The monoisotopic (exact) mass is 515 g/mol. The Morgan fingerprint density at radius 1 is 1.03 bits per heavy atom. The van der Waals surface area contributed by atoms with Crippen LogP contribution in [0.1, 0.15) is 32.8 Å². The minimum absolute atomic E-state index is 0.202. The van der Waals surface area contributed by atoms with Crippen molar-refractivity contribution in [3.8, 4) is 0 Å². The Hall–Kier alpha value is -2.11. The average Bonchev–Trinajstić information content (AvgIpc) is 2.79. The van der Waals surface area contributed by atoms with Crippen LogP contribution in [-0.2, 0) is 25.6 Å². The van der Waals surface area contributed by atoms with Gasteiger partial charge in [-0.25, -0.2) is 13.9 Å². The fourth-order valence-electron chi connectivity index (χ4n) is 2.69. The minimum atomic E-state index is -0.654. The number of thioether (sulfide) groups is 1. The van der Waals surface area contributed by atoms with Gasteiger partial charge in [-0.2, -0.15) is 11.8 Å². The van der Waals surface area contributed by atoms with Crippen LogP contribution in [0.15, 0.2) is 30.3 Å². The van der Waals surface area contributed by atoms with Crippen molar-refractivity contribution >= 4 is 41.8 Å². The highest BCUT2D eigenvalue weighted by Gasteiger charge is 2.32. The van der Waals surface area contributed by atoms with E-state index in [4.69, 9.17) is 14.2 Å². The molecular formula is C23H37N3O6S2. The summed E-state index contributed by atoms with van der Waals surface area (Å²) < 4.78 is 17.4. The molecule has 1 rings (SSSR count). The molecule has 0 aliphatic heterocycles. The lowest BCUT2D eigenvalue weighted by atomic mass is 10.2. The lowest BCUT2D eigenvalue weighted by Crippen LogP contribution is -2.48. The highest BCUT2D eigenvalue weighted by Crippen LogP contribution is 2.21. The van der Waals surface area contributed by atoms with Gasteiger partial charge in [-0.1, -0.05) is 30.3 Å². The van der Waals surface area contributed by atoms with E-state index < -0.39 is 23.8 Å². The van der Waals surface area contributed by atoms with Gasteiger partial charge in [-0.15, -0.1) is 0 Å². The number of rotatable bonds is 14. The number of benzene rings is 1. The fourth-order valence-corrected chi connectivity index (χ4v) is 3.79. The second kappa shape index (κ2) is 16.5. The highest BCUT2D eigenvalue weighted by molar-refractivity contribution is 7.98. The summed E-state index contributed by atoms with van der Waals surface area (Å²) in [6.07, 6.45) is 3.14. The van der Waals surface area contributed by atoms with Crippen LogP contribution in [0.4, 0.5) is 9.59 Å². The second-order valence-corrected chi connectivity index (χ2v) is 9.92. The van der Waals surface area contributed by atoms with Crippen LogP contribution in [0.25, 0.3) is 0 Å². The van der Waals surface area contributed by atoms with Gasteiger partial charge >= 0.3 is 12.2 Å². The topological polar surface area (TPSA) is 106 Å². The summed E-state index contributed by atoms with van der Waals surface area (Å²) in [7, 11) is 0. The molecule has 0 aliphatic carbocycles. The summed E-state index contributed by atoms with van der Waals surface area (Å²) >= 11 is 2.77. The van der Waals surface area contributed by atoms with E-state index in [-0.39, 0.29) is 38.8 Å². The van der Waals surface area contributed by atoms with Crippen LogP contribution >= 0.6 is 23.7 Å². The largest absolute Gasteiger partial charge is 0.445 e. The third kappa shape index (κ3) is 13.0. The summed E-state index contributed by atoms with van der Waals surface area (Å²) in [6.45, 7) is 6.68. The van der Waals surface area contributed by atoms with Gasteiger partial charge in [-0.3, -0.25) is 4.79 Å². The average molecular weight is 516 g/mol. The Morgan fingerprint density at radius 3 is 2.26 bits per heavy atom. The lowest BCUT2D eigenvalue weighted by molar-refractivity contribution is -0.125. The molecule has 0 saturated heterocycles. The maximum absolute atomic E-state index is 12.8. The van der Waals surface area contributed by atoms with Crippen LogP contribution in [-0.4, -0.2) is 78.6 Å². The molecule has 1 atom stereocenters. The maximum atomic E-state index is 12.8. The van der Waals surface area contributed by atoms with Crippen molar-refractivity contribution in [2.75, 3.05) is 44.6 Å². The minimum Gasteiger partial charge on any atom is -0.445 e. The predicted octanol–water partition coefficient (Wildman–Crippen LogP) is 3.68. The molecule has 0 heterocycles. The number of hydrogen-bond acceptors (Lipinski definition) is 8. The van der Waals surface area contributed by atoms with Gasteiger partial charge < -0.3 is 24.8 Å². The van der Waals surface area contributed by atoms with Crippen LogP contribution in [0.5, 0.6) is 0 Å². The Bertz CT molecular complexity index is 746. The third-order valence-corrected chi connectivity index (χ3v) is 5.67. The molecule has 0 aliphatic rings. The zero-order valence-electron chi connectivity index (χ0n) is 20.6. The fraction of sp³-hybridized carbons (Fsp3) is 0.609. The smallest absolute Gasteiger partial charge is 0.421 e. The molecule has 9 nitrogen and oxygen atoms in total. The number of nitrogens with zero attached hydrogens (tertiary/aromatic N) is 1. The van der Waals surface area contributed by atoms with E-state index in [1.165, 1.54) is 16.3 Å². The van der Waals surface area contributed by atoms with Crippen LogP contribution in [0.3, 0.4) is 0 Å². The van der Waals surface area contributed by atoms with Gasteiger partial charge in [0.05, 0.1) is 13.2 Å². The first kappa shape index (κ1) is 29.9. The normalized spacial score (nSPS) is 11.9. The van der Waals surface area contributed by atoms with E-state index >= 15 is 0 Å². The van der Waals surface area contributed by atoms with Crippen molar-refractivity contribution in [2.24, 2.45) is 0 Å². The number of hydrogen-bond donors (Lipinski definition) is 2.